The molecule has 29 heavy (non-hydrogen) atoms. The Morgan fingerprint density at radius 3 is 2.41 bits per heavy atom. The summed E-state index contributed by atoms with van der Waals surface area (Å²) in [6.07, 6.45) is -2.92. The van der Waals surface area contributed by atoms with Crippen molar-refractivity contribution in [3.63, 3.8) is 0 Å². The van der Waals surface area contributed by atoms with Gasteiger partial charge in [0.05, 0.1) is 12.6 Å². The molecular formula is C22H24F2N2O3. The van der Waals surface area contributed by atoms with Crippen LogP contribution in [0.1, 0.15) is 48.9 Å². The van der Waals surface area contributed by atoms with Gasteiger partial charge >= 0.3 is 6.09 Å². The molecule has 2 amide bonds. The van der Waals surface area contributed by atoms with E-state index in [0.717, 1.165) is 4.90 Å². The van der Waals surface area contributed by atoms with Crippen LogP contribution in [0.5, 0.6) is 0 Å². The van der Waals surface area contributed by atoms with Crippen molar-refractivity contribution in [3.8, 4) is 0 Å². The summed E-state index contributed by atoms with van der Waals surface area (Å²) in [7, 11) is 0. The van der Waals surface area contributed by atoms with E-state index in [9.17, 15) is 23.5 Å². The number of nitrogens with one attached hydrogen (secondary N) is 1. The van der Waals surface area contributed by atoms with E-state index in [1.54, 1.807) is 36.4 Å². The van der Waals surface area contributed by atoms with Crippen LogP contribution in [-0.4, -0.2) is 40.8 Å². The van der Waals surface area contributed by atoms with Crippen molar-refractivity contribution in [1.29, 1.82) is 0 Å². The maximum absolute atomic E-state index is 14.6. The molecule has 0 aromatic heterocycles. The van der Waals surface area contributed by atoms with Crippen molar-refractivity contribution in [3.05, 3.63) is 71.0 Å². The fourth-order valence-corrected chi connectivity index (χ4v) is 3.68. The number of alkyl halides is 1. The molecule has 0 saturated carbocycles. The lowest BCUT2D eigenvalue weighted by atomic mass is 9.94. The fourth-order valence-electron chi connectivity index (χ4n) is 3.68. The van der Waals surface area contributed by atoms with E-state index in [4.69, 9.17) is 0 Å². The first-order chi connectivity index (χ1) is 13.8. The van der Waals surface area contributed by atoms with Gasteiger partial charge in [-0.2, -0.15) is 0 Å². The van der Waals surface area contributed by atoms with E-state index in [1.807, 2.05) is 19.9 Å². The maximum Gasteiger partial charge on any atom is 0.408 e. The highest BCUT2D eigenvalue weighted by molar-refractivity contribution is 5.86. The molecule has 154 valence electrons. The van der Waals surface area contributed by atoms with Gasteiger partial charge in [0.1, 0.15) is 18.0 Å². The van der Waals surface area contributed by atoms with Crippen LogP contribution in [0.15, 0.2) is 48.5 Å². The van der Waals surface area contributed by atoms with Crippen LogP contribution >= 0.6 is 0 Å². The molecule has 5 nitrogen and oxygen atoms in total. The third-order valence-electron chi connectivity index (χ3n) is 5.20. The number of halogens is 2. The number of likely N-dealkylation sites (tertiary alicyclic amines) is 1. The van der Waals surface area contributed by atoms with Crippen LogP contribution in [0.2, 0.25) is 0 Å². The first-order valence-corrected chi connectivity index (χ1v) is 9.56. The van der Waals surface area contributed by atoms with Gasteiger partial charge in [-0.25, -0.2) is 13.6 Å². The summed E-state index contributed by atoms with van der Waals surface area (Å²) in [5.41, 5.74) is 1.82. The summed E-state index contributed by atoms with van der Waals surface area (Å²) < 4.78 is 28.4. The summed E-state index contributed by atoms with van der Waals surface area (Å²) in [4.78, 5) is 25.0. The molecule has 0 bridgehead atoms. The van der Waals surface area contributed by atoms with Gasteiger partial charge in [0.25, 0.3) is 0 Å². The number of benzene rings is 2. The molecule has 3 rings (SSSR count). The Morgan fingerprint density at radius 2 is 1.83 bits per heavy atom. The van der Waals surface area contributed by atoms with Gasteiger partial charge in [-0.3, -0.25) is 9.69 Å². The molecule has 1 fully saturated rings. The van der Waals surface area contributed by atoms with Crippen LogP contribution < -0.4 is 5.32 Å². The Kier molecular flexibility index (Phi) is 6.15. The highest BCUT2D eigenvalue weighted by Gasteiger charge is 2.40. The van der Waals surface area contributed by atoms with Crippen molar-refractivity contribution in [2.24, 2.45) is 0 Å². The average molecular weight is 402 g/mol. The van der Waals surface area contributed by atoms with E-state index in [-0.39, 0.29) is 24.7 Å². The zero-order valence-electron chi connectivity index (χ0n) is 16.3. The lowest BCUT2D eigenvalue weighted by Crippen LogP contribution is -2.46. The third-order valence-corrected chi connectivity index (χ3v) is 5.20. The molecule has 1 saturated heterocycles. The minimum absolute atomic E-state index is 0.0120. The molecule has 7 heteroatoms. The number of rotatable bonds is 5. The van der Waals surface area contributed by atoms with Crippen molar-refractivity contribution >= 4 is 12.0 Å². The van der Waals surface area contributed by atoms with Gasteiger partial charge in [0.15, 0.2) is 0 Å². The molecule has 3 atom stereocenters. The second-order valence-electron chi connectivity index (χ2n) is 7.57. The second-order valence-corrected chi connectivity index (χ2v) is 7.57. The maximum atomic E-state index is 14.6. The van der Waals surface area contributed by atoms with E-state index in [0.29, 0.717) is 16.7 Å². The van der Waals surface area contributed by atoms with Crippen molar-refractivity contribution < 1.29 is 23.5 Å². The van der Waals surface area contributed by atoms with Gasteiger partial charge in [0.2, 0.25) is 5.91 Å². The van der Waals surface area contributed by atoms with Crippen molar-refractivity contribution in [2.45, 2.75) is 44.4 Å². The zero-order valence-corrected chi connectivity index (χ0v) is 16.3. The van der Waals surface area contributed by atoms with E-state index in [2.05, 4.69) is 5.32 Å². The van der Waals surface area contributed by atoms with Crippen molar-refractivity contribution in [1.82, 2.24) is 10.2 Å². The number of carboxylic acid groups (broad SMARTS) is 1. The summed E-state index contributed by atoms with van der Waals surface area (Å²) >= 11 is 0. The van der Waals surface area contributed by atoms with Crippen LogP contribution in [0.3, 0.4) is 0 Å². The summed E-state index contributed by atoms with van der Waals surface area (Å²) in [5.74, 6) is -0.961. The SMILES string of the molecule is CC(C)c1ccc(C(NC(=O)C2CC(F)CN2C(=O)O)c2ccccc2)cc1F. The highest BCUT2D eigenvalue weighted by atomic mass is 19.1. The Hall–Kier alpha value is -2.96. The Balaban J connectivity index is 1.92. The van der Waals surface area contributed by atoms with Crippen LogP contribution in [-0.2, 0) is 4.79 Å². The molecule has 2 N–H and O–H groups in total. The number of nitrogens with zero attached hydrogens (tertiary/aromatic N) is 1. The topological polar surface area (TPSA) is 69.6 Å². The minimum atomic E-state index is -1.39. The fraction of sp³-hybridized carbons (Fsp3) is 0.364. The van der Waals surface area contributed by atoms with E-state index >= 15 is 0 Å². The molecular weight excluding hydrogens is 378 g/mol. The average Bonchev–Trinajstić information content (AvgIpc) is 3.08. The Morgan fingerprint density at radius 1 is 1.14 bits per heavy atom. The lowest BCUT2D eigenvalue weighted by molar-refractivity contribution is -0.125. The molecule has 0 aliphatic carbocycles. The van der Waals surface area contributed by atoms with Crippen molar-refractivity contribution in [2.75, 3.05) is 6.54 Å². The lowest BCUT2D eigenvalue weighted by Gasteiger charge is -2.25. The van der Waals surface area contributed by atoms with Gasteiger partial charge in [-0.05, 0) is 28.7 Å². The quantitative estimate of drug-likeness (QED) is 0.786. The number of carbonyl (C=O) groups excluding carboxylic acids is 1. The molecule has 1 aliphatic rings. The molecule has 2 aromatic rings. The standard InChI is InChI=1S/C22H24F2N2O3/c1-13(2)17-9-8-15(10-18(17)24)20(14-6-4-3-5-7-14)25-21(27)19-11-16(23)12-26(19)22(28)29/h3-10,13,16,19-20H,11-12H2,1-2H3,(H,25,27)(H,28,29). The Labute approximate surface area is 168 Å². The zero-order chi connectivity index (χ0) is 21.1. The largest absolute Gasteiger partial charge is 0.465 e. The second kappa shape index (κ2) is 8.59. The van der Waals surface area contributed by atoms with Gasteiger partial charge in [0, 0.05) is 6.42 Å². The van der Waals surface area contributed by atoms with E-state index in [1.165, 1.54) is 6.07 Å². The molecule has 3 unspecified atom stereocenters. The predicted octanol–water partition coefficient (Wildman–Crippen LogP) is 4.25. The molecule has 2 aromatic carbocycles. The summed E-state index contributed by atoms with van der Waals surface area (Å²) in [6, 6.07) is 12.0. The molecule has 1 heterocycles. The predicted molar refractivity (Wildman–Crippen MR) is 105 cm³/mol. The molecule has 0 spiro atoms. The monoisotopic (exact) mass is 402 g/mol. The van der Waals surface area contributed by atoms with Crippen LogP contribution in [0, 0.1) is 5.82 Å². The van der Waals surface area contributed by atoms with Gasteiger partial charge < -0.3 is 10.4 Å². The highest BCUT2D eigenvalue weighted by Crippen LogP contribution is 2.28. The number of hydrogen-bond donors (Lipinski definition) is 2. The summed E-state index contributed by atoms with van der Waals surface area (Å²) in [5, 5.41) is 12.1. The summed E-state index contributed by atoms with van der Waals surface area (Å²) in [6.45, 7) is 3.45. The Bertz CT molecular complexity index is 889. The van der Waals surface area contributed by atoms with Gasteiger partial charge in [-0.15, -0.1) is 0 Å². The molecule has 0 radical (unpaired) electrons. The minimum Gasteiger partial charge on any atom is -0.465 e. The van der Waals surface area contributed by atoms with Crippen LogP contribution in [0.25, 0.3) is 0 Å². The number of carbonyl (C=O) groups is 2. The number of hydrogen-bond acceptors (Lipinski definition) is 2. The smallest absolute Gasteiger partial charge is 0.408 e. The molecule has 1 aliphatic heterocycles. The first-order valence-electron chi connectivity index (χ1n) is 9.56. The normalized spacial score (nSPS) is 20.0. The third kappa shape index (κ3) is 4.55. The number of amides is 2. The van der Waals surface area contributed by atoms with Gasteiger partial charge in [-0.1, -0.05) is 56.3 Å². The van der Waals surface area contributed by atoms with E-state index < -0.39 is 30.3 Å². The van der Waals surface area contributed by atoms with Crippen LogP contribution in [0.4, 0.5) is 13.6 Å². The first kappa shape index (κ1) is 20.8.